The number of aliphatic hydroxyl groups is 1. The Balaban J connectivity index is 2.24. The predicted molar refractivity (Wildman–Crippen MR) is 66.6 cm³/mol. The third-order valence-electron chi connectivity index (χ3n) is 2.76. The van der Waals surface area contributed by atoms with E-state index in [4.69, 9.17) is 14.2 Å². The van der Waals surface area contributed by atoms with Crippen molar-refractivity contribution < 1.29 is 19.3 Å². The molecule has 1 saturated heterocycles. The van der Waals surface area contributed by atoms with Gasteiger partial charge in [-0.25, -0.2) is 0 Å². The summed E-state index contributed by atoms with van der Waals surface area (Å²) in [5, 5.41) is 9.22. The molecule has 0 radical (unpaired) electrons. The second-order valence-electron chi connectivity index (χ2n) is 4.27. The average Bonchev–Trinajstić information content (AvgIpc) is 2.45. The summed E-state index contributed by atoms with van der Waals surface area (Å²) < 4.78 is 15.6. The zero-order valence-corrected chi connectivity index (χ0v) is 11.2. The minimum atomic E-state index is -0.252. The van der Waals surface area contributed by atoms with Crippen molar-refractivity contribution in [2.24, 2.45) is 0 Å². The van der Waals surface area contributed by atoms with Gasteiger partial charge in [-0.05, 0) is 6.92 Å². The van der Waals surface area contributed by atoms with Crippen molar-refractivity contribution in [2.75, 3.05) is 38.8 Å². The molecular weight excluding hydrogens is 252 g/mol. The van der Waals surface area contributed by atoms with Crippen LogP contribution >= 0.6 is 0 Å². The van der Waals surface area contributed by atoms with Gasteiger partial charge in [-0.1, -0.05) is 0 Å². The molecule has 19 heavy (non-hydrogen) atoms. The van der Waals surface area contributed by atoms with E-state index in [1.807, 2.05) is 11.8 Å². The third-order valence-corrected chi connectivity index (χ3v) is 2.76. The molecular formula is C11H18N4O4. The van der Waals surface area contributed by atoms with Crippen LogP contribution < -0.4 is 14.4 Å². The molecule has 2 unspecified atom stereocenters. The lowest BCUT2D eigenvalue weighted by Gasteiger charge is -2.35. The molecule has 1 aliphatic heterocycles. The van der Waals surface area contributed by atoms with E-state index in [0.717, 1.165) is 0 Å². The molecule has 1 aromatic rings. The number of nitrogens with zero attached hydrogens (tertiary/aromatic N) is 4. The first-order valence-corrected chi connectivity index (χ1v) is 6.01. The quantitative estimate of drug-likeness (QED) is 0.781. The van der Waals surface area contributed by atoms with E-state index in [0.29, 0.717) is 19.0 Å². The summed E-state index contributed by atoms with van der Waals surface area (Å²) in [4.78, 5) is 14.2. The van der Waals surface area contributed by atoms with E-state index in [-0.39, 0.29) is 30.8 Å². The fourth-order valence-corrected chi connectivity index (χ4v) is 1.96. The van der Waals surface area contributed by atoms with E-state index < -0.39 is 0 Å². The summed E-state index contributed by atoms with van der Waals surface area (Å²) >= 11 is 0. The van der Waals surface area contributed by atoms with Crippen molar-refractivity contribution in [1.82, 2.24) is 15.0 Å². The van der Waals surface area contributed by atoms with E-state index in [9.17, 15) is 5.11 Å². The lowest BCUT2D eigenvalue weighted by Crippen LogP contribution is -2.48. The van der Waals surface area contributed by atoms with Crippen molar-refractivity contribution in [1.29, 1.82) is 0 Å². The van der Waals surface area contributed by atoms with E-state index in [1.54, 1.807) is 0 Å². The molecule has 0 spiro atoms. The zero-order valence-electron chi connectivity index (χ0n) is 11.2. The van der Waals surface area contributed by atoms with Crippen LogP contribution in [0.3, 0.4) is 0 Å². The lowest BCUT2D eigenvalue weighted by molar-refractivity contribution is -0.0425. The molecule has 0 aromatic carbocycles. The summed E-state index contributed by atoms with van der Waals surface area (Å²) in [5.41, 5.74) is 0. The van der Waals surface area contributed by atoms with Gasteiger partial charge >= 0.3 is 12.0 Å². The number of morpholine rings is 1. The molecule has 8 heteroatoms. The Morgan fingerprint density at radius 3 is 2.37 bits per heavy atom. The van der Waals surface area contributed by atoms with E-state index in [1.165, 1.54) is 14.2 Å². The maximum Gasteiger partial charge on any atom is 0.324 e. The van der Waals surface area contributed by atoms with Crippen LogP contribution in [0.15, 0.2) is 0 Å². The number of anilines is 1. The van der Waals surface area contributed by atoms with Gasteiger partial charge in [-0.15, -0.1) is 4.98 Å². The van der Waals surface area contributed by atoms with E-state index in [2.05, 4.69) is 15.0 Å². The largest absolute Gasteiger partial charge is 0.467 e. The van der Waals surface area contributed by atoms with Gasteiger partial charge < -0.3 is 24.2 Å². The molecule has 1 fully saturated rings. The highest BCUT2D eigenvalue weighted by molar-refractivity contribution is 5.33. The highest BCUT2D eigenvalue weighted by atomic mass is 16.5. The van der Waals surface area contributed by atoms with Gasteiger partial charge in [0.2, 0.25) is 5.95 Å². The number of methoxy groups -OCH3 is 2. The van der Waals surface area contributed by atoms with Gasteiger partial charge in [0.1, 0.15) is 0 Å². The van der Waals surface area contributed by atoms with Crippen molar-refractivity contribution >= 4 is 5.95 Å². The Morgan fingerprint density at radius 1 is 1.21 bits per heavy atom. The Labute approximate surface area is 111 Å². The standard InChI is InChI=1S/C11H18N4O4/c1-7-4-15(5-8(6-16)19-7)9-12-10(17-2)14-11(13-9)18-3/h7-8,16H,4-6H2,1-3H3. The molecule has 2 atom stereocenters. The molecule has 2 heterocycles. The molecule has 0 aliphatic carbocycles. The Kier molecular flexibility index (Phi) is 4.33. The summed E-state index contributed by atoms with van der Waals surface area (Å²) in [6.45, 7) is 3.04. The van der Waals surface area contributed by atoms with E-state index >= 15 is 0 Å². The highest BCUT2D eigenvalue weighted by Crippen LogP contribution is 2.20. The van der Waals surface area contributed by atoms with Gasteiger partial charge in [-0.2, -0.15) is 9.97 Å². The van der Waals surface area contributed by atoms with Crippen LogP contribution in [0.4, 0.5) is 5.95 Å². The maximum absolute atomic E-state index is 9.22. The summed E-state index contributed by atoms with van der Waals surface area (Å²) in [6.07, 6.45) is -0.267. The molecule has 0 bridgehead atoms. The van der Waals surface area contributed by atoms with Gasteiger partial charge in [-0.3, -0.25) is 0 Å². The first kappa shape index (κ1) is 13.8. The van der Waals surface area contributed by atoms with Gasteiger partial charge in [0.25, 0.3) is 0 Å². The smallest absolute Gasteiger partial charge is 0.324 e. The first-order valence-electron chi connectivity index (χ1n) is 6.01. The Hall–Kier alpha value is -1.67. The van der Waals surface area contributed by atoms with Crippen LogP contribution in [0.1, 0.15) is 6.92 Å². The van der Waals surface area contributed by atoms with Crippen LogP contribution in [0, 0.1) is 0 Å². The minimum Gasteiger partial charge on any atom is -0.467 e. The van der Waals surface area contributed by atoms with Crippen molar-refractivity contribution in [3.8, 4) is 12.0 Å². The highest BCUT2D eigenvalue weighted by Gasteiger charge is 2.27. The molecule has 0 amide bonds. The van der Waals surface area contributed by atoms with Gasteiger partial charge in [0, 0.05) is 13.1 Å². The summed E-state index contributed by atoms with van der Waals surface area (Å²) in [6, 6.07) is 0.392. The van der Waals surface area contributed by atoms with Gasteiger partial charge in [0.15, 0.2) is 0 Å². The van der Waals surface area contributed by atoms with Gasteiger partial charge in [0.05, 0.1) is 33.0 Å². The Morgan fingerprint density at radius 2 is 1.84 bits per heavy atom. The second-order valence-corrected chi connectivity index (χ2v) is 4.27. The second kappa shape index (κ2) is 5.98. The molecule has 0 saturated carbocycles. The van der Waals surface area contributed by atoms with Crippen molar-refractivity contribution in [3.05, 3.63) is 0 Å². The molecule has 8 nitrogen and oxygen atoms in total. The topological polar surface area (TPSA) is 89.8 Å². The van der Waals surface area contributed by atoms with Crippen LogP contribution in [0.25, 0.3) is 0 Å². The number of hydrogen-bond donors (Lipinski definition) is 1. The van der Waals surface area contributed by atoms with Crippen LogP contribution in [-0.2, 0) is 4.74 Å². The third kappa shape index (κ3) is 3.21. The van der Waals surface area contributed by atoms with Crippen LogP contribution in [0.2, 0.25) is 0 Å². The predicted octanol–water partition coefficient (Wildman–Crippen LogP) is -0.525. The monoisotopic (exact) mass is 270 g/mol. The SMILES string of the molecule is COc1nc(OC)nc(N2CC(C)OC(CO)C2)n1. The van der Waals surface area contributed by atoms with Crippen molar-refractivity contribution in [2.45, 2.75) is 19.1 Å². The minimum absolute atomic E-state index is 0.0142. The zero-order chi connectivity index (χ0) is 13.8. The molecule has 1 aliphatic rings. The number of hydrogen-bond acceptors (Lipinski definition) is 8. The molecule has 2 rings (SSSR count). The Bertz CT molecular complexity index is 409. The fourth-order valence-electron chi connectivity index (χ4n) is 1.96. The summed E-state index contributed by atoms with van der Waals surface area (Å²) in [7, 11) is 2.97. The first-order chi connectivity index (χ1) is 9.16. The lowest BCUT2D eigenvalue weighted by atomic mass is 10.2. The normalized spacial score (nSPS) is 23.3. The molecule has 106 valence electrons. The molecule has 1 aromatic heterocycles. The van der Waals surface area contributed by atoms with Crippen molar-refractivity contribution in [3.63, 3.8) is 0 Å². The number of rotatable bonds is 4. The summed E-state index contributed by atoms with van der Waals surface area (Å²) in [5.74, 6) is 0.456. The van der Waals surface area contributed by atoms with Crippen LogP contribution in [-0.4, -0.2) is 66.2 Å². The average molecular weight is 270 g/mol. The molecule has 1 N–H and O–H groups in total. The number of aliphatic hydroxyl groups excluding tert-OH is 1. The van der Waals surface area contributed by atoms with Crippen LogP contribution in [0.5, 0.6) is 12.0 Å². The maximum atomic E-state index is 9.22. The number of aromatic nitrogens is 3. The fraction of sp³-hybridized carbons (Fsp3) is 0.727. The number of ether oxygens (including phenoxy) is 3.